The summed E-state index contributed by atoms with van der Waals surface area (Å²) >= 11 is 1.88. The Kier molecular flexibility index (Phi) is 11.3. The minimum absolute atomic E-state index is 0.0615. The lowest BCUT2D eigenvalue weighted by atomic mass is 9.83. The number of hydrogen-bond acceptors (Lipinski definition) is 6. The highest BCUT2D eigenvalue weighted by Gasteiger charge is 2.28. The van der Waals surface area contributed by atoms with Crippen LogP contribution in [0.2, 0.25) is 0 Å². The van der Waals surface area contributed by atoms with Crippen molar-refractivity contribution < 1.29 is 23.4 Å². The molecule has 3 aromatic rings. The van der Waals surface area contributed by atoms with Crippen LogP contribution in [-0.4, -0.2) is 63.2 Å². The molecule has 1 saturated heterocycles. The van der Waals surface area contributed by atoms with Crippen LogP contribution in [0.5, 0.6) is 17.2 Å². The Morgan fingerprint density at radius 2 is 1.50 bits per heavy atom. The second-order valence-electron chi connectivity index (χ2n) is 11.8. The molecule has 0 saturated carbocycles. The van der Waals surface area contributed by atoms with Crippen molar-refractivity contribution in [2.45, 2.75) is 58.9 Å². The van der Waals surface area contributed by atoms with E-state index in [-0.39, 0.29) is 17.1 Å². The topological polar surface area (TPSA) is 51.2 Å². The van der Waals surface area contributed by atoms with E-state index in [4.69, 9.17) is 14.2 Å². The average molecular weight is 597 g/mol. The Labute approximate surface area is 254 Å². The number of halogens is 1. The van der Waals surface area contributed by atoms with Gasteiger partial charge in [-0.25, -0.2) is 4.39 Å². The molecule has 0 atom stereocenters. The summed E-state index contributed by atoms with van der Waals surface area (Å²) in [6.45, 7) is 8.26. The lowest BCUT2D eigenvalue weighted by Crippen LogP contribution is -2.49. The minimum atomic E-state index is -0.183. The highest BCUT2D eigenvalue weighted by atomic mass is 32.1. The summed E-state index contributed by atoms with van der Waals surface area (Å²) in [4.78, 5) is 20.4. The number of methoxy groups -OCH3 is 3. The zero-order chi connectivity index (χ0) is 30.1. The van der Waals surface area contributed by atoms with E-state index in [0.29, 0.717) is 23.7 Å². The molecule has 4 rings (SSSR count). The molecule has 0 spiro atoms. The first-order valence-electron chi connectivity index (χ1n) is 14.8. The van der Waals surface area contributed by atoms with Gasteiger partial charge in [0.15, 0.2) is 11.5 Å². The molecule has 1 aromatic heterocycles. The maximum absolute atomic E-state index is 13.2. The number of amides is 1. The lowest BCUT2D eigenvalue weighted by Gasteiger charge is -2.36. The SMILES string of the molecule is COc1ccc(CN2CCN(C(=O)CC(C)(C)CCc3ccc(CCCc4ccc(F)cc4)s3)CC2)c(OC)c1OC. The predicted molar refractivity (Wildman–Crippen MR) is 167 cm³/mol. The van der Waals surface area contributed by atoms with Gasteiger partial charge in [-0.3, -0.25) is 9.69 Å². The second-order valence-corrected chi connectivity index (χ2v) is 13.1. The van der Waals surface area contributed by atoms with E-state index in [1.807, 2.05) is 40.5 Å². The van der Waals surface area contributed by atoms with E-state index in [9.17, 15) is 9.18 Å². The van der Waals surface area contributed by atoms with Crippen molar-refractivity contribution in [2.24, 2.45) is 5.41 Å². The van der Waals surface area contributed by atoms with Gasteiger partial charge in [0.25, 0.3) is 0 Å². The van der Waals surface area contributed by atoms with Crippen LogP contribution < -0.4 is 14.2 Å². The fourth-order valence-corrected chi connectivity index (χ4v) is 6.62. The number of thiophene rings is 1. The molecule has 6 nitrogen and oxygen atoms in total. The summed E-state index contributed by atoms with van der Waals surface area (Å²) in [6, 6.07) is 15.2. The highest BCUT2D eigenvalue weighted by Crippen LogP contribution is 2.40. The molecule has 2 aromatic carbocycles. The maximum Gasteiger partial charge on any atom is 0.223 e. The third kappa shape index (κ3) is 8.71. The largest absolute Gasteiger partial charge is 0.493 e. The second kappa shape index (κ2) is 14.9. The van der Waals surface area contributed by atoms with Crippen LogP contribution in [0.15, 0.2) is 48.5 Å². The molecule has 1 aliphatic rings. The molecule has 1 aliphatic heterocycles. The predicted octanol–water partition coefficient (Wildman–Crippen LogP) is 6.78. The van der Waals surface area contributed by atoms with Crippen molar-refractivity contribution in [3.05, 3.63) is 75.2 Å². The van der Waals surface area contributed by atoms with E-state index < -0.39 is 0 Å². The van der Waals surface area contributed by atoms with Gasteiger partial charge in [0, 0.05) is 54.5 Å². The normalized spacial score (nSPS) is 14.2. The fraction of sp³-hybridized carbons (Fsp3) is 0.500. The van der Waals surface area contributed by atoms with Gasteiger partial charge in [-0.1, -0.05) is 32.0 Å². The van der Waals surface area contributed by atoms with Crippen LogP contribution in [0.25, 0.3) is 0 Å². The van der Waals surface area contributed by atoms with E-state index in [1.165, 1.54) is 27.5 Å². The zero-order valence-electron chi connectivity index (χ0n) is 25.7. The first-order valence-corrected chi connectivity index (χ1v) is 15.6. The minimum Gasteiger partial charge on any atom is -0.493 e. The molecule has 1 amide bonds. The van der Waals surface area contributed by atoms with E-state index in [2.05, 4.69) is 30.9 Å². The van der Waals surface area contributed by atoms with Gasteiger partial charge in [0.1, 0.15) is 5.82 Å². The molecule has 228 valence electrons. The fourth-order valence-electron chi connectivity index (χ4n) is 5.56. The van der Waals surface area contributed by atoms with Gasteiger partial charge in [0.05, 0.1) is 21.3 Å². The number of nitrogens with zero attached hydrogens (tertiary/aromatic N) is 2. The van der Waals surface area contributed by atoms with Crippen molar-refractivity contribution in [1.29, 1.82) is 0 Å². The number of carbonyl (C=O) groups is 1. The van der Waals surface area contributed by atoms with Crippen molar-refractivity contribution >= 4 is 17.2 Å². The number of benzene rings is 2. The molecule has 0 aliphatic carbocycles. The van der Waals surface area contributed by atoms with Gasteiger partial charge < -0.3 is 19.1 Å². The third-order valence-corrected chi connectivity index (χ3v) is 9.31. The molecular formula is C34H45FN2O4S. The van der Waals surface area contributed by atoms with Crippen LogP contribution in [0.1, 0.15) is 54.0 Å². The standard InChI is InChI=1S/C34H45FN2O4S/c1-34(2,18-17-29-15-14-28(42-29)8-6-7-25-9-12-27(35)13-10-25)23-31(38)37-21-19-36(20-22-37)24-26-11-16-30(39-3)33(41-5)32(26)40-4/h9-16H,6-8,17-24H2,1-5H3. The van der Waals surface area contributed by atoms with Gasteiger partial charge in [0.2, 0.25) is 11.7 Å². The number of piperazine rings is 1. The van der Waals surface area contributed by atoms with Gasteiger partial charge in [-0.05, 0) is 73.4 Å². The molecule has 1 fully saturated rings. The molecule has 0 N–H and O–H groups in total. The Morgan fingerprint density at radius 1 is 0.833 bits per heavy atom. The number of hydrogen-bond donors (Lipinski definition) is 0. The van der Waals surface area contributed by atoms with Crippen LogP contribution >= 0.6 is 11.3 Å². The number of rotatable bonds is 14. The molecule has 8 heteroatoms. The average Bonchev–Trinajstić information content (AvgIpc) is 3.44. The molecular weight excluding hydrogens is 551 g/mol. The summed E-state index contributed by atoms with van der Waals surface area (Å²) < 4.78 is 29.7. The highest BCUT2D eigenvalue weighted by molar-refractivity contribution is 7.11. The van der Waals surface area contributed by atoms with Crippen molar-refractivity contribution in [2.75, 3.05) is 47.5 Å². The summed E-state index contributed by atoms with van der Waals surface area (Å²) in [5, 5.41) is 0. The Balaban J connectivity index is 1.20. The van der Waals surface area contributed by atoms with Crippen molar-refractivity contribution in [3.8, 4) is 17.2 Å². The van der Waals surface area contributed by atoms with Crippen LogP contribution in [0, 0.1) is 11.2 Å². The molecule has 0 unspecified atom stereocenters. The smallest absolute Gasteiger partial charge is 0.223 e. The Bertz CT molecular complexity index is 1300. The first kappa shape index (κ1) is 31.8. The van der Waals surface area contributed by atoms with Gasteiger partial charge in [-0.15, -0.1) is 11.3 Å². The van der Waals surface area contributed by atoms with Crippen molar-refractivity contribution in [1.82, 2.24) is 9.80 Å². The summed E-state index contributed by atoms with van der Waals surface area (Å²) in [7, 11) is 4.89. The Morgan fingerprint density at radius 3 is 2.14 bits per heavy atom. The number of aryl methyl sites for hydroxylation is 3. The van der Waals surface area contributed by atoms with E-state index in [1.54, 1.807) is 21.3 Å². The molecule has 0 radical (unpaired) electrons. The van der Waals surface area contributed by atoms with Crippen molar-refractivity contribution in [3.63, 3.8) is 0 Å². The molecule has 0 bridgehead atoms. The quantitative estimate of drug-likeness (QED) is 0.205. The van der Waals surface area contributed by atoms with Crippen LogP contribution in [-0.2, 0) is 30.6 Å². The van der Waals surface area contributed by atoms with E-state index >= 15 is 0 Å². The van der Waals surface area contributed by atoms with Crippen LogP contribution in [0.4, 0.5) is 4.39 Å². The molecule has 42 heavy (non-hydrogen) atoms. The van der Waals surface area contributed by atoms with Gasteiger partial charge >= 0.3 is 0 Å². The van der Waals surface area contributed by atoms with Crippen LogP contribution in [0.3, 0.4) is 0 Å². The van der Waals surface area contributed by atoms with E-state index in [0.717, 1.165) is 70.4 Å². The first-order chi connectivity index (χ1) is 20.2. The third-order valence-electron chi connectivity index (χ3n) is 8.10. The number of carbonyl (C=O) groups excluding carboxylic acids is 1. The summed E-state index contributed by atoms with van der Waals surface area (Å²) in [5.74, 6) is 2.01. The number of ether oxygens (including phenoxy) is 3. The maximum atomic E-state index is 13.2. The zero-order valence-corrected chi connectivity index (χ0v) is 26.5. The molecule has 2 heterocycles. The monoisotopic (exact) mass is 596 g/mol. The lowest BCUT2D eigenvalue weighted by molar-refractivity contribution is -0.135. The van der Waals surface area contributed by atoms with Gasteiger partial charge in [-0.2, -0.15) is 0 Å². The summed E-state index contributed by atoms with van der Waals surface area (Å²) in [5.41, 5.74) is 2.16. The summed E-state index contributed by atoms with van der Waals surface area (Å²) in [6.07, 6.45) is 5.58. The Hall–Kier alpha value is -3.10.